The van der Waals surface area contributed by atoms with Crippen molar-refractivity contribution >= 4 is 23.4 Å². The van der Waals surface area contributed by atoms with Crippen molar-refractivity contribution in [1.82, 2.24) is 10.1 Å². The lowest BCUT2D eigenvalue weighted by Crippen LogP contribution is -1.83. The van der Waals surface area contributed by atoms with E-state index in [-0.39, 0.29) is 0 Å². The average Bonchev–Trinajstić information content (AvgIpc) is 3.31. The molecule has 0 radical (unpaired) electrons. The molecule has 0 bridgehead atoms. The minimum absolute atomic E-state index is 0.361. The van der Waals surface area contributed by atoms with Crippen molar-refractivity contribution in [3.63, 3.8) is 0 Å². The highest BCUT2D eigenvalue weighted by Crippen LogP contribution is 2.27. The summed E-state index contributed by atoms with van der Waals surface area (Å²) in [6.45, 7) is 2.11. The summed E-state index contributed by atoms with van der Waals surface area (Å²) in [5, 5.41) is 4.64. The predicted octanol–water partition coefficient (Wildman–Crippen LogP) is 6.39. The van der Waals surface area contributed by atoms with Gasteiger partial charge < -0.3 is 8.94 Å². The van der Waals surface area contributed by atoms with Crippen molar-refractivity contribution in [3.05, 3.63) is 82.6 Å². The average molecular weight is 397 g/mol. The van der Waals surface area contributed by atoms with Crippen molar-refractivity contribution in [2.75, 3.05) is 0 Å². The van der Waals surface area contributed by atoms with E-state index in [9.17, 15) is 0 Å². The van der Waals surface area contributed by atoms with Gasteiger partial charge in [0.1, 0.15) is 5.76 Å². The Balaban J connectivity index is 1.41. The number of thioether (sulfide) groups is 1. The fraction of sp³-hybridized carbons (Fsp3) is 0.143. The molecule has 136 valence electrons. The molecule has 27 heavy (non-hydrogen) atoms. The van der Waals surface area contributed by atoms with Gasteiger partial charge in [-0.1, -0.05) is 58.7 Å². The number of benzene rings is 2. The highest BCUT2D eigenvalue weighted by atomic mass is 35.5. The quantitative estimate of drug-likeness (QED) is 0.378. The Morgan fingerprint density at radius 1 is 1.00 bits per heavy atom. The summed E-state index contributed by atoms with van der Waals surface area (Å²) in [5.41, 5.74) is 3.40. The van der Waals surface area contributed by atoms with E-state index < -0.39 is 0 Å². The Hall–Kier alpha value is -2.50. The lowest BCUT2D eigenvalue weighted by Gasteiger charge is -2.01. The highest BCUT2D eigenvalue weighted by Gasteiger charge is 2.14. The van der Waals surface area contributed by atoms with E-state index in [1.165, 1.54) is 11.1 Å². The van der Waals surface area contributed by atoms with Gasteiger partial charge in [-0.15, -0.1) is 11.8 Å². The van der Waals surface area contributed by atoms with Gasteiger partial charge in [-0.2, -0.15) is 4.98 Å². The van der Waals surface area contributed by atoms with Crippen LogP contribution in [0.5, 0.6) is 0 Å². The van der Waals surface area contributed by atoms with Gasteiger partial charge >= 0.3 is 0 Å². The van der Waals surface area contributed by atoms with Crippen molar-refractivity contribution < 1.29 is 8.94 Å². The molecule has 4 aromatic rings. The van der Waals surface area contributed by atoms with E-state index in [1.807, 2.05) is 24.3 Å². The molecule has 0 aliphatic heterocycles. The van der Waals surface area contributed by atoms with Crippen LogP contribution in [0.25, 0.3) is 23.0 Å². The standard InChI is InChI=1S/C21H17ClN2O2S/c1-14-4-2-5-15(10-14)12-27-13-18-8-9-19(25-18)21-23-20(24-26-21)16-6-3-7-17(22)11-16/h2-11H,12-13H2,1H3. The van der Waals surface area contributed by atoms with Crippen LogP contribution >= 0.6 is 23.4 Å². The van der Waals surface area contributed by atoms with E-state index in [4.69, 9.17) is 20.5 Å². The van der Waals surface area contributed by atoms with E-state index >= 15 is 0 Å². The molecule has 0 atom stereocenters. The molecule has 2 aromatic heterocycles. The zero-order chi connectivity index (χ0) is 18.6. The minimum Gasteiger partial charge on any atom is -0.455 e. The Kier molecular flexibility index (Phi) is 5.32. The second-order valence-corrected chi connectivity index (χ2v) is 7.60. The normalized spacial score (nSPS) is 11.0. The molecule has 0 aliphatic rings. The molecular weight excluding hydrogens is 380 g/mol. The third-order valence-electron chi connectivity index (χ3n) is 3.98. The lowest BCUT2D eigenvalue weighted by molar-refractivity contribution is 0.413. The van der Waals surface area contributed by atoms with Gasteiger partial charge in [-0.3, -0.25) is 0 Å². The van der Waals surface area contributed by atoms with Crippen LogP contribution < -0.4 is 0 Å². The van der Waals surface area contributed by atoms with Gasteiger partial charge in [0.15, 0.2) is 5.76 Å². The third-order valence-corrected chi connectivity index (χ3v) is 5.24. The van der Waals surface area contributed by atoms with Gasteiger partial charge in [0, 0.05) is 16.3 Å². The third kappa shape index (κ3) is 4.43. The van der Waals surface area contributed by atoms with Crippen molar-refractivity contribution in [3.8, 4) is 23.0 Å². The van der Waals surface area contributed by atoms with E-state index in [0.717, 1.165) is 22.8 Å². The first kappa shape index (κ1) is 17.9. The fourth-order valence-corrected chi connectivity index (χ4v) is 3.77. The number of rotatable bonds is 6. The summed E-state index contributed by atoms with van der Waals surface area (Å²) >= 11 is 7.82. The molecular formula is C21H17ClN2O2S. The minimum atomic E-state index is 0.361. The van der Waals surface area contributed by atoms with Crippen LogP contribution in [-0.4, -0.2) is 10.1 Å². The van der Waals surface area contributed by atoms with Gasteiger partial charge in [-0.05, 0) is 36.8 Å². The molecule has 0 unspecified atom stereocenters. The number of hydrogen-bond donors (Lipinski definition) is 0. The summed E-state index contributed by atoms with van der Waals surface area (Å²) in [6.07, 6.45) is 0. The molecule has 0 saturated carbocycles. The second kappa shape index (κ2) is 8.03. The van der Waals surface area contributed by atoms with Crippen LogP contribution in [-0.2, 0) is 11.5 Å². The fourth-order valence-electron chi connectivity index (χ4n) is 2.71. The van der Waals surface area contributed by atoms with Gasteiger partial charge in [0.25, 0.3) is 5.89 Å². The van der Waals surface area contributed by atoms with Gasteiger partial charge in [0.2, 0.25) is 5.82 Å². The van der Waals surface area contributed by atoms with Crippen LogP contribution in [0.2, 0.25) is 5.02 Å². The van der Waals surface area contributed by atoms with Gasteiger partial charge in [0.05, 0.1) is 5.75 Å². The monoisotopic (exact) mass is 396 g/mol. The summed E-state index contributed by atoms with van der Waals surface area (Å²) in [6, 6.07) is 19.7. The molecule has 0 saturated heterocycles. The Bertz CT molecular complexity index is 1060. The van der Waals surface area contributed by atoms with Crippen LogP contribution in [0, 0.1) is 6.92 Å². The summed E-state index contributed by atoms with van der Waals surface area (Å²) in [5.74, 6) is 4.02. The number of hydrogen-bond acceptors (Lipinski definition) is 5. The smallest absolute Gasteiger partial charge is 0.293 e. The number of halogens is 1. The lowest BCUT2D eigenvalue weighted by atomic mass is 10.2. The number of nitrogens with zero attached hydrogens (tertiary/aromatic N) is 2. The molecule has 2 aromatic carbocycles. The number of aromatic nitrogens is 2. The van der Waals surface area contributed by atoms with E-state index in [2.05, 4.69) is 41.3 Å². The van der Waals surface area contributed by atoms with E-state index in [0.29, 0.717) is 22.5 Å². The first-order valence-corrected chi connectivity index (χ1v) is 10.0. The largest absolute Gasteiger partial charge is 0.455 e. The molecule has 0 amide bonds. The highest BCUT2D eigenvalue weighted by molar-refractivity contribution is 7.97. The topological polar surface area (TPSA) is 52.1 Å². The first-order valence-electron chi connectivity index (χ1n) is 8.49. The molecule has 4 nitrogen and oxygen atoms in total. The molecule has 4 rings (SSSR count). The second-order valence-electron chi connectivity index (χ2n) is 6.18. The van der Waals surface area contributed by atoms with Gasteiger partial charge in [-0.25, -0.2) is 0 Å². The number of furan rings is 1. The first-order chi connectivity index (χ1) is 13.2. The Morgan fingerprint density at radius 2 is 1.89 bits per heavy atom. The maximum Gasteiger partial charge on any atom is 0.293 e. The molecule has 6 heteroatoms. The van der Waals surface area contributed by atoms with Crippen LogP contribution in [0.15, 0.2) is 69.6 Å². The zero-order valence-corrected chi connectivity index (χ0v) is 16.3. The SMILES string of the molecule is Cc1cccc(CSCc2ccc(-c3nc(-c4cccc(Cl)c4)no3)o2)c1. The van der Waals surface area contributed by atoms with Crippen molar-refractivity contribution in [1.29, 1.82) is 0 Å². The van der Waals surface area contributed by atoms with Crippen molar-refractivity contribution in [2.45, 2.75) is 18.4 Å². The maximum atomic E-state index is 6.02. The van der Waals surface area contributed by atoms with Crippen LogP contribution in [0.3, 0.4) is 0 Å². The maximum absolute atomic E-state index is 6.02. The number of aryl methyl sites for hydroxylation is 1. The van der Waals surface area contributed by atoms with Crippen molar-refractivity contribution in [2.24, 2.45) is 0 Å². The molecule has 2 heterocycles. The van der Waals surface area contributed by atoms with E-state index in [1.54, 1.807) is 23.9 Å². The molecule has 0 N–H and O–H groups in total. The summed E-state index contributed by atoms with van der Waals surface area (Å²) in [4.78, 5) is 4.41. The molecule has 0 spiro atoms. The summed E-state index contributed by atoms with van der Waals surface area (Å²) < 4.78 is 11.2. The predicted molar refractivity (Wildman–Crippen MR) is 109 cm³/mol. The Morgan fingerprint density at radius 3 is 2.74 bits per heavy atom. The molecule has 0 aliphatic carbocycles. The Labute approximate surface area is 166 Å². The van der Waals surface area contributed by atoms with Crippen LogP contribution in [0.4, 0.5) is 0 Å². The summed E-state index contributed by atoms with van der Waals surface area (Å²) in [7, 11) is 0. The molecule has 0 fully saturated rings. The zero-order valence-electron chi connectivity index (χ0n) is 14.7. The van der Waals surface area contributed by atoms with Crippen LogP contribution in [0.1, 0.15) is 16.9 Å².